The fourth-order valence-electron chi connectivity index (χ4n) is 9.93. The molecule has 0 aliphatic rings. The van der Waals surface area contributed by atoms with Gasteiger partial charge in [-0.2, -0.15) is 9.97 Å². The topological polar surface area (TPSA) is 48.5 Å². The molecule has 0 aliphatic heterocycles. The molecular formula is C59H37N5. The Labute approximate surface area is 368 Å². The van der Waals surface area contributed by atoms with Gasteiger partial charge in [-0.1, -0.05) is 188 Å². The third kappa shape index (κ3) is 5.61. The van der Waals surface area contributed by atoms with E-state index in [9.17, 15) is 0 Å². The Hall–Kier alpha value is -8.67. The van der Waals surface area contributed by atoms with Crippen LogP contribution in [0.1, 0.15) is 0 Å². The first-order valence-electron chi connectivity index (χ1n) is 21.7. The summed E-state index contributed by atoms with van der Waals surface area (Å²) < 4.78 is 4.76. The lowest BCUT2D eigenvalue weighted by atomic mass is 9.95. The zero-order chi connectivity index (χ0) is 42.1. The summed E-state index contributed by atoms with van der Waals surface area (Å²) in [5.41, 5.74) is 12.0. The van der Waals surface area contributed by atoms with Crippen LogP contribution in [0.2, 0.25) is 0 Å². The molecule has 0 atom stereocenters. The molecule has 0 radical (unpaired) electrons. The molecule has 0 aliphatic carbocycles. The van der Waals surface area contributed by atoms with Gasteiger partial charge in [-0.05, 0) is 74.8 Å². The maximum Gasteiger partial charge on any atom is 0.238 e. The SMILES string of the molecule is c1ccc(-c2cc(-c3ccccc3)cc(-n3c4ccc5c(c6ccccc6n5-c5nc(-c6ccccc6)nc(-c6ccccc6)n5)c4c4c5ccccc5c5ccccc5c43)c2)cc1. The van der Waals surface area contributed by atoms with E-state index in [0.29, 0.717) is 17.6 Å². The Morgan fingerprint density at radius 1 is 0.266 bits per heavy atom. The molecular weight excluding hydrogens is 779 g/mol. The summed E-state index contributed by atoms with van der Waals surface area (Å²) in [7, 11) is 0. The first-order valence-corrected chi connectivity index (χ1v) is 21.7. The number of hydrogen-bond donors (Lipinski definition) is 0. The van der Waals surface area contributed by atoms with E-state index in [-0.39, 0.29) is 0 Å². The normalized spacial score (nSPS) is 11.8. The molecule has 0 saturated heterocycles. The van der Waals surface area contributed by atoms with Gasteiger partial charge in [-0.3, -0.25) is 4.57 Å². The van der Waals surface area contributed by atoms with Crippen molar-refractivity contribution in [2.24, 2.45) is 0 Å². The quantitative estimate of drug-likeness (QED) is 0.157. The average Bonchev–Trinajstić information content (AvgIpc) is 3.91. The van der Waals surface area contributed by atoms with Gasteiger partial charge in [0, 0.05) is 43.7 Å². The van der Waals surface area contributed by atoms with Gasteiger partial charge in [-0.15, -0.1) is 0 Å². The molecule has 298 valence electrons. The summed E-state index contributed by atoms with van der Waals surface area (Å²) in [5.74, 6) is 1.82. The van der Waals surface area contributed by atoms with Crippen LogP contribution in [0.5, 0.6) is 0 Å². The highest BCUT2D eigenvalue weighted by Gasteiger charge is 2.25. The minimum atomic E-state index is 0.570. The molecule has 0 bridgehead atoms. The largest absolute Gasteiger partial charge is 0.309 e. The third-order valence-electron chi connectivity index (χ3n) is 12.7. The summed E-state index contributed by atoms with van der Waals surface area (Å²) in [6.07, 6.45) is 0. The Bertz CT molecular complexity index is 3810. The van der Waals surface area contributed by atoms with Gasteiger partial charge in [0.2, 0.25) is 5.95 Å². The Balaban J connectivity index is 1.20. The summed E-state index contributed by atoms with van der Waals surface area (Å²) >= 11 is 0. The van der Waals surface area contributed by atoms with Crippen molar-refractivity contribution in [1.29, 1.82) is 0 Å². The summed E-state index contributed by atoms with van der Waals surface area (Å²) in [6.45, 7) is 0. The molecule has 13 rings (SSSR count). The summed E-state index contributed by atoms with van der Waals surface area (Å²) in [6, 6.07) is 80.0. The maximum absolute atomic E-state index is 5.27. The standard InChI is InChI=1S/C59H37N5/c1-5-19-38(20-6-1)42-35-43(39-21-7-2-8-22-39)37-44(36-42)63-52-34-33-51-53(55(52)54-47-29-15-13-27-45(47)46-28-14-16-30-48(46)56(54)63)49-31-17-18-32-50(49)64(51)59-61-57(40-23-9-3-10-24-40)60-58(62-59)41-25-11-4-12-26-41/h1-37H. The third-order valence-corrected chi connectivity index (χ3v) is 12.7. The predicted octanol–water partition coefficient (Wildman–Crippen LogP) is 15.0. The lowest BCUT2D eigenvalue weighted by Crippen LogP contribution is -2.06. The van der Waals surface area contributed by atoms with Crippen LogP contribution in [0.15, 0.2) is 224 Å². The zero-order valence-electron chi connectivity index (χ0n) is 34.6. The molecule has 10 aromatic carbocycles. The lowest BCUT2D eigenvalue weighted by Gasteiger charge is -2.15. The number of rotatable bonds is 6. The van der Waals surface area contributed by atoms with Crippen molar-refractivity contribution in [1.82, 2.24) is 24.1 Å². The van der Waals surface area contributed by atoms with Gasteiger partial charge in [0.1, 0.15) is 0 Å². The van der Waals surface area contributed by atoms with E-state index in [1.54, 1.807) is 0 Å². The van der Waals surface area contributed by atoms with E-state index in [0.717, 1.165) is 55.3 Å². The molecule has 5 heteroatoms. The zero-order valence-corrected chi connectivity index (χ0v) is 34.6. The van der Waals surface area contributed by atoms with Crippen LogP contribution in [0.4, 0.5) is 0 Å². The molecule has 5 nitrogen and oxygen atoms in total. The molecule has 0 fully saturated rings. The molecule has 0 amide bonds. The van der Waals surface area contributed by atoms with Gasteiger partial charge in [0.25, 0.3) is 0 Å². The molecule has 0 saturated carbocycles. The first-order chi connectivity index (χ1) is 31.8. The monoisotopic (exact) mass is 815 g/mol. The highest BCUT2D eigenvalue weighted by Crippen LogP contribution is 2.48. The first kappa shape index (κ1) is 36.0. The molecule has 0 N–H and O–H groups in total. The minimum Gasteiger partial charge on any atom is -0.309 e. The van der Waals surface area contributed by atoms with Crippen LogP contribution in [0.3, 0.4) is 0 Å². The highest BCUT2D eigenvalue weighted by molar-refractivity contribution is 6.38. The van der Waals surface area contributed by atoms with Crippen molar-refractivity contribution in [2.45, 2.75) is 0 Å². The minimum absolute atomic E-state index is 0.570. The van der Waals surface area contributed by atoms with Gasteiger partial charge >= 0.3 is 0 Å². The van der Waals surface area contributed by atoms with E-state index in [4.69, 9.17) is 15.0 Å². The van der Waals surface area contributed by atoms with Crippen molar-refractivity contribution in [3.63, 3.8) is 0 Å². The fourth-order valence-corrected chi connectivity index (χ4v) is 9.93. The molecule has 0 spiro atoms. The summed E-state index contributed by atoms with van der Waals surface area (Å²) in [4.78, 5) is 15.6. The number of aromatic nitrogens is 5. The van der Waals surface area contributed by atoms with E-state index >= 15 is 0 Å². The van der Waals surface area contributed by atoms with Gasteiger partial charge < -0.3 is 4.57 Å². The molecule has 3 aromatic heterocycles. The van der Waals surface area contributed by atoms with E-state index in [1.165, 1.54) is 49.0 Å². The molecule has 3 heterocycles. The predicted molar refractivity (Wildman–Crippen MR) is 265 cm³/mol. The lowest BCUT2D eigenvalue weighted by molar-refractivity contribution is 0.953. The van der Waals surface area contributed by atoms with Crippen LogP contribution in [-0.4, -0.2) is 24.1 Å². The van der Waals surface area contributed by atoms with Crippen molar-refractivity contribution in [2.75, 3.05) is 0 Å². The van der Waals surface area contributed by atoms with Gasteiger partial charge in [-0.25, -0.2) is 4.98 Å². The number of hydrogen-bond acceptors (Lipinski definition) is 3. The van der Waals surface area contributed by atoms with Crippen molar-refractivity contribution < 1.29 is 0 Å². The van der Waals surface area contributed by atoms with Gasteiger partial charge in [0.05, 0.1) is 22.1 Å². The van der Waals surface area contributed by atoms with E-state index in [2.05, 4.69) is 197 Å². The van der Waals surface area contributed by atoms with Crippen LogP contribution >= 0.6 is 0 Å². The molecule has 0 unspecified atom stereocenters. The smallest absolute Gasteiger partial charge is 0.238 e. The van der Waals surface area contributed by atoms with Gasteiger partial charge in [0.15, 0.2) is 11.6 Å². The molecule has 13 aromatic rings. The van der Waals surface area contributed by atoms with Crippen LogP contribution in [0.25, 0.3) is 122 Å². The maximum atomic E-state index is 5.27. The average molecular weight is 816 g/mol. The Morgan fingerprint density at radius 3 is 1.27 bits per heavy atom. The van der Waals surface area contributed by atoms with Crippen molar-refractivity contribution >= 4 is 65.2 Å². The summed E-state index contributed by atoms with van der Waals surface area (Å²) in [5, 5.41) is 9.56. The van der Waals surface area contributed by atoms with Crippen LogP contribution in [-0.2, 0) is 0 Å². The second kappa shape index (κ2) is 14.5. The Kier molecular flexibility index (Phi) is 8.15. The van der Waals surface area contributed by atoms with E-state index < -0.39 is 0 Å². The fraction of sp³-hybridized carbons (Fsp3) is 0. The van der Waals surface area contributed by atoms with E-state index in [1.807, 2.05) is 36.4 Å². The number of benzene rings is 10. The number of para-hydroxylation sites is 1. The number of fused-ring (bicyclic) bond motifs is 12. The molecule has 64 heavy (non-hydrogen) atoms. The van der Waals surface area contributed by atoms with Crippen molar-refractivity contribution in [3.8, 4) is 56.7 Å². The number of nitrogens with zero attached hydrogens (tertiary/aromatic N) is 5. The van der Waals surface area contributed by atoms with Crippen molar-refractivity contribution in [3.05, 3.63) is 224 Å². The van der Waals surface area contributed by atoms with Crippen LogP contribution in [0, 0.1) is 0 Å². The highest BCUT2D eigenvalue weighted by atomic mass is 15.2. The second-order valence-corrected chi connectivity index (χ2v) is 16.4. The Morgan fingerprint density at radius 2 is 0.703 bits per heavy atom. The second-order valence-electron chi connectivity index (χ2n) is 16.4. The van der Waals surface area contributed by atoms with Crippen LogP contribution < -0.4 is 0 Å².